The van der Waals surface area contributed by atoms with E-state index in [4.69, 9.17) is 16.1 Å². The van der Waals surface area contributed by atoms with Crippen LogP contribution < -0.4 is 11.1 Å². The van der Waals surface area contributed by atoms with Crippen LogP contribution in [0.5, 0.6) is 0 Å². The van der Waals surface area contributed by atoms with E-state index in [-0.39, 0.29) is 0 Å². The third-order valence-corrected chi connectivity index (χ3v) is 6.16. The van der Waals surface area contributed by atoms with Crippen LogP contribution in [0.25, 0.3) is 0 Å². The van der Waals surface area contributed by atoms with Gasteiger partial charge in [-0.05, 0) is 67.3 Å². The van der Waals surface area contributed by atoms with Gasteiger partial charge in [-0.1, -0.05) is 18.2 Å². The topological polar surface area (TPSA) is 89.9 Å². The van der Waals surface area contributed by atoms with Crippen molar-refractivity contribution in [2.75, 3.05) is 0 Å². The summed E-state index contributed by atoms with van der Waals surface area (Å²) in [4.78, 5) is 12.4. The highest BCUT2D eigenvalue weighted by molar-refractivity contribution is 7.12. The molecule has 0 fully saturated rings. The molecule has 4 N–H and O–H groups in total. The normalized spacial score (nSPS) is 15.3. The number of hydrogen-bond donors (Lipinski definition) is 3. The van der Waals surface area contributed by atoms with Crippen molar-refractivity contribution in [1.82, 2.24) is 10.2 Å². The van der Waals surface area contributed by atoms with Gasteiger partial charge in [0, 0.05) is 31.5 Å². The Morgan fingerprint density at radius 1 is 1.32 bits per heavy atom. The lowest BCUT2D eigenvalue weighted by atomic mass is 10.1. The summed E-state index contributed by atoms with van der Waals surface area (Å²) in [5, 5.41) is 12.7. The summed E-state index contributed by atoms with van der Waals surface area (Å²) >= 11 is 1.55. The van der Waals surface area contributed by atoms with Crippen LogP contribution in [0.3, 0.4) is 0 Å². The molecule has 1 aromatic heterocycles. The van der Waals surface area contributed by atoms with E-state index in [0.29, 0.717) is 24.1 Å². The number of nitrogens with zero attached hydrogens (tertiary/aromatic N) is 3. The standard InChI is InChI=1S/C24H30N6S/c1-16(2)30-14-19-6-5-18(10-20(19)15-30)13-28-24(23-22(27-4)7-8-31-23)29-21(12-26)9-17(3)11-25/h5-12,16,25H,4,13-15,26H2,1-3H3,(H,28,29)/b17-9+,21-12+,25-11?. The van der Waals surface area contributed by atoms with Crippen molar-refractivity contribution in [1.29, 1.82) is 5.41 Å². The molecule has 31 heavy (non-hydrogen) atoms. The third-order valence-electron chi connectivity index (χ3n) is 5.25. The fourth-order valence-corrected chi connectivity index (χ4v) is 4.24. The van der Waals surface area contributed by atoms with Crippen molar-refractivity contribution in [2.45, 2.75) is 46.4 Å². The molecule has 0 unspecified atom stereocenters. The van der Waals surface area contributed by atoms with Gasteiger partial charge in [0.2, 0.25) is 0 Å². The molecule has 2 heterocycles. The van der Waals surface area contributed by atoms with Crippen molar-refractivity contribution in [3.8, 4) is 0 Å². The summed E-state index contributed by atoms with van der Waals surface area (Å²) in [7, 11) is 0. The number of fused-ring (bicyclic) bond motifs is 1. The average Bonchev–Trinajstić information content (AvgIpc) is 3.42. The number of allylic oxidation sites excluding steroid dienone is 2. The van der Waals surface area contributed by atoms with Gasteiger partial charge in [-0.15, -0.1) is 11.3 Å². The van der Waals surface area contributed by atoms with Gasteiger partial charge in [-0.25, -0.2) is 0 Å². The minimum Gasteiger partial charge on any atom is -0.403 e. The maximum Gasteiger partial charge on any atom is 0.145 e. The molecule has 0 atom stereocenters. The molecule has 1 aromatic carbocycles. The predicted molar refractivity (Wildman–Crippen MR) is 133 cm³/mol. The lowest BCUT2D eigenvalue weighted by Crippen LogP contribution is -2.24. The summed E-state index contributed by atoms with van der Waals surface area (Å²) in [5.74, 6) is 0.687. The van der Waals surface area contributed by atoms with E-state index >= 15 is 0 Å². The van der Waals surface area contributed by atoms with Crippen LogP contribution in [0.2, 0.25) is 0 Å². The molecule has 0 amide bonds. The zero-order chi connectivity index (χ0) is 22.4. The van der Waals surface area contributed by atoms with E-state index in [9.17, 15) is 0 Å². The highest BCUT2D eigenvalue weighted by Gasteiger charge is 2.21. The molecule has 0 bridgehead atoms. The molecule has 0 spiro atoms. The van der Waals surface area contributed by atoms with Gasteiger partial charge in [0.05, 0.1) is 22.8 Å². The first-order valence-corrected chi connectivity index (χ1v) is 11.1. The molecular weight excluding hydrogens is 404 g/mol. The zero-order valence-corrected chi connectivity index (χ0v) is 19.2. The van der Waals surface area contributed by atoms with Crippen molar-refractivity contribution >= 4 is 35.8 Å². The molecule has 3 rings (SSSR count). The first-order chi connectivity index (χ1) is 14.9. The molecular formula is C24H30N6S. The van der Waals surface area contributed by atoms with Crippen LogP contribution in [-0.4, -0.2) is 29.7 Å². The average molecular weight is 435 g/mol. The molecule has 1 aliphatic heterocycles. The second-order valence-corrected chi connectivity index (χ2v) is 8.76. The van der Waals surface area contributed by atoms with Crippen LogP contribution in [0.1, 0.15) is 42.3 Å². The summed E-state index contributed by atoms with van der Waals surface area (Å²) in [5.41, 5.74) is 12.0. The van der Waals surface area contributed by atoms with Gasteiger partial charge in [-0.3, -0.25) is 14.9 Å². The predicted octanol–water partition coefficient (Wildman–Crippen LogP) is 4.74. The number of thiophene rings is 1. The minimum atomic E-state index is 0.535. The van der Waals surface area contributed by atoms with Crippen molar-refractivity contribution in [3.05, 3.63) is 74.8 Å². The van der Waals surface area contributed by atoms with Gasteiger partial charge in [-0.2, -0.15) is 0 Å². The lowest BCUT2D eigenvalue weighted by Gasteiger charge is -2.18. The van der Waals surface area contributed by atoms with E-state index in [0.717, 1.165) is 34.8 Å². The van der Waals surface area contributed by atoms with Gasteiger partial charge >= 0.3 is 0 Å². The summed E-state index contributed by atoms with van der Waals surface area (Å²) < 4.78 is 0. The molecule has 7 heteroatoms. The number of nitrogens with one attached hydrogen (secondary N) is 2. The zero-order valence-electron chi connectivity index (χ0n) is 18.4. The quantitative estimate of drug-likeness (QED) is 0.318. The first-order valence-electron chi connectivity index (χ1n) is 10.3. The third kappa shape index (κ3) is 5.57. The second kappa shape index (κ2) is 10.3. The second-order valence-electron chi connectivity index (χ2n) is 7.84. The summed E-state index contributed by atoms with van der Waals surface area (Å²) in [6.45, 7) is 12.5. The van der Waals surface area contributed by atoms with E-state index in [1.54, 1.807) is 11.3 Å². The molecule has 162 valence electrons. The Morgan fingerprint density at radius 2 is 2.10 bits per heavy atom. The molecule has 0 radical (unpaired) electrons. The Bertz CT molecular complexity index is 1040. The van der Waals surface area contributed by atoms with E-state index < -0.39 is 0 Å². The molecule has 0 saturated carbocycles. The van der Waals surface area contributed by atoms with Gasteiger partial charge < -0.3 is 16.5 Å². The van der Waals surface area contributed by atoms with Crippen molar-refractivity contribution < 1.29 is 0 Å². The Balaban J connectivity index is 1.88. The first kappa shape index (κ1) is 22.7. The smallest absolute Gasteiger partial charge is 0.145 e. The number of benzene rings is 1. The Labute approximate surface area is 188 Å². The van der Waals surface area contributed by atoms with Gasteiger partial charge in [0.15, 0.2) is 0 Å². The maximum atomic E-state index is 7.41. The van der Waals surface area contributed by atoms with Crippen LogP contribution in [-0.2, 0) is 19.6 Å². The Hall–Kier alpha value is -3.03. The van der Waals surface area contributed by atoms with Crippen molar-refractivity contribution in [3.63, 3.8) is 0 Å². The summed E-state index contributed by atoms with van der Waals surface area (Å²) in [6.07, 6.45) is 4.58. The number of amidine groups is 1. The number of aliphatic imine (C=N–C) groups is 2. The Morgan fingerprint density at radius 3 is 2.77 bits per heavy atom. The highest BCUT2D eigenvalue weighted by atomic mass is 32.1. The maximum absolute atomic E-state index is 7.41. The van der Waals surface area contributed by atoms with Gasteiger partial charge in [0.25, 0.3) is 0 Å². The van der Waals surface area contributed by atoms with Gasteiger partial charge in [0.1, 0.15) is 5.84 Å². The van der Waals surface area contributed by atoms with E-state index in [2.05, 4.69) is 54.0 Å². The molecule has 2 aromatic rings. The number of rotatable bonds is 8. The number of nitrogens with two attached hydrogens (primary N) is 1. The Kier molecular flexibility index (Phi) is 7.55. The van der Waals surface area contributed by atoms with Crippen molar-refractivity contribution in [2.24, 2.45) is 15.7 Å². The molecule has 0 aliphatic carbocycles. The van der Waals surface area contributed by atoms with Crippen LogP contribution in [0.4, 0.5) is 5.69 Å². The largest absolute Gasteiger partial charge is 0.403 e. The highest BCUT2D eigenvalue weighted by Crippen LogP contribution is 2.27. The molecule has 1 aliphatic rings. The fourth-order valence-electron chi connectivity index (χ4n) is 3.43. The van der Waals surface area contributed by atoms with Crippen LogP contribution in [0, 0.1) is 5.41 Å². The van der Waals surface area contributed by atoms with E-state index in [1.807, 2.05) is 24.4 Å². The fraction of sp³-hybridized carbons (Fsp3) is 0.292. The lowest BCUT2D eigenvalue weighted by molar-refractivity contribution is 0.227. The van der Waals surface area contributed by atoms with Crippen LogP contribution >= 0.6 is 11.3 Å². The summed E-state index contributed by atoms with van der Waals surface area (Å²) in [6, 6.07) is 9.10. The SMILES string of the molecule is C=Nc1ccsc1/C(=N\Cc1ccc2c(c1)CN(C(C)C)C2)NC(/C=C(\C)C=N)=C/N. The van der Waals surface area contributed by atoms with E-state index in [1.165, 1.54) is 23.5 Å². The molecule has 6 nitrogen and oxygen atoms in total. The monoisotopic (exact) mass is 434 g/mol. The minimum absolute atomic E-state index is 0.535. The number of hydrogen-bond acceptors (Lipinski definition) is 6. The molecule has 0 saturated heterocycles. The van der Waals surface area contributed by atoms with Crippen LogP contribution in [0.15, 0.2) is 63.2 Å².